The van der Waals surface area contributed by atoms with Gasteiger partial charge in [-0.1, -0.05) is 26.0 Å². The van der Waals surface area contributed by atoms with Crippen molar-refractivity contribution in [2.75, 3.05) is 6.61 Å². The molecule has 1 aromatic carbocycles. The Labute approximate surface area is 140 Å². The largest absolute Gasteiger partial charge is 0.479 e. The topological polar surface area (TPSA) is 91.4 Å². The van der Waals surface area contributed by atoms with E-state index in [2.05, 4.69) is 10.3 Å². The standard InChI is InChI=1S/C18H22N2O4/c1-4-24-13-10-18(16(22)23,17(13,2)3)20-15(21)12-7-5-6-11-8-9-19-14(11)12/h5-9,13,19H,4,10H2,1-3H3,(H,20,21)(H,22,23). The number of carboxylic acid groups (broad SMARTS) is 1. The maximum absolute atomic E-state index is 12.8. The number of hydrogen-bond acceptors (Lipinski definition) is 3. The first-order valence-corrected chi connectivity index (χ1v) is 8.07. The smallest absolute Gasteiger partial charge is 0.330 e. The summed E-state index contributed by atoms with van der Waals surface area (Å²) in [6, 6.07) is 7.24. The third kappa shape index (κ3) is 2.21. The highest BCUT2D eigenvalue weighted by molar-refractivity contribution is 6.07. The van der Waals surface area contributed by atoms with Crippen molar-refractivity contribution in [1.29, 1.82) is 0 Å². The second kappa shape index (κ2) is 5.63. The highest BCUT2D eigenvalue weighted by Gasteiger charge is 2.66. The molecule has 1 aliphatic rings. The van der Waals surface area contributed by atoms with Gasteiger partial charge in [0.1, 0.15) is 5.54 Å². The first-order chi connectivity index (χ1) is 11.3. The number of fused-ring (bicyclic) bond motifs is 1. The van der Waals surface area contributed by atoms with Crippen LogP contribution in [0.2, 0.25) is 0 Å². The van der Waals surface area contributed by atoms with E-state index in [9.17, 15) is 14.7 Å². The van der Waals surface area contributed by atoms with Crippen molar-refractivity contribution in [2.24, 2.45) is 5.41 Å². The molecule has 1 aliphatic carbocycles. The summed E-state index contributed by atoms with van der Waals surface area (Å²) in [5.74, 6) is -1.43. The summed E-state index contributed by atoms with van der Waals surface area (Å²) in [6.07, 6.45) is 1.82. The van der Waals surface area contributed by atoms with Crippen LogP contribution < -0.4 is 5.32 Å². The quantitative estimate of drug-likeness (QED) is 0.786. The second-order valence-electron chi connectivity index (χ2n) is 6.78. The third-order valence-electron chi connectivity index (χ3n) is 5.29. The van der Waals surface area contributed by atoms with E-state index in [0.29, 0.717) is 17.7 Å². The maximum Gasteiger partial charge on any atom is 0.330 e. The van der Waals surface area contributed by atoms with Gasteiger partial charge in [0.2, 0.25) is 0 Å². The maximum atomic E-state index is 12.8. The molecule has 3 rings (SSSR count). The number of para-hydroxylation sites is 1. The molecule has 0 saturated heterocycles. The van der Waals surface area contributed by atoms with Gasteiger partial charge in [0.25, 0.3) is 5.91 Å². The Balaban J connectivity index is 1.92. The number of carboxylic acids is 1. The lowest BCUT2D eigenvalue weighted by Crippen LogP contribution is -2.76. The lowest BCUT2D eigenvalue weighted by molar-refractivity contribution is -0.190. The molecule has 0 spiro atoms. The zero-order chi connectivity index (χ0) is 17.5. The van der Waals surface area contributed by atoms with E-state index in [0.717, 1.165) is 5.39 Å². The van der Waals surface area contributed by atoms with Crippen LogP contribution in [-0.4, -0.2) is 40.2 Å². The van der Waals surface area contributed by atoms with Gasteiger partial charge in [0.15, 0.2) is 0 Å². The number of aliphatic carboxylic acids is 1. The molecule has 2 unspecified atom stereocenters. The van der Waals surface area contributed by atoms with Crippen molar-refractivity contribution >= 4 is 22.8 Å². The van der Waals surface area contributed by atoms with Crippen molar-refractivity contribution in [3.63, 3.8) is 0 Å². The van der Waals surface area contributed by atoms with Crippen molar-refractivity contribution in [3.8, 4) is 0 Å². The number of nitrogens with one attached hydrogen (secondary N) is 2. The Bertz CT molecular complexity index is 795. The number of amides is 1. The molecule has 3 N–H and O–H groups in total. The highest BCUT2D eigenvalue weighted by atomic mass is 16.5. The number of hydrogen-bond donors (Lipinski definition) is 3. The molecule has 24 heavy (non-hydrogen) atoms. The first kappa shape index (κ1) is 16.5. The van der Waals surface area contributed by atoms with E-state index in [1.165, 1.54) is 0 Å². The molecule has 1 fully saturated rings. The number of aromatic amines is 1. The number of H-pyrrole nitrogens is 1. The SMILES string of the molecule is CCOC1CC(NC(=O)c2cccc3cc[nH]c23)(C(=O)O)C1(C)C. The lowest BCUT2D eigenvalue weighted by Gasteiger charge is -2.58. The fourth-order valence-electron chi connectivity index (χ4n) is 3.57. The van der Waals surface area contributed by atoms with Gasteiger partial charge in [-0.2, -0.15) is 0 Å². The predicted octanol–water partition coefficient (Wildman–Crippen LogP) is 2.56. The van der Waals surface area contributed by atoms with Crippen LogP contribution in [0.5, 0.6) is 0 Å². The summed E-state index contributed by atoms with van der Waals surface area (Å²) >= 11 is 0. The Kier molecular flexibility index (Phi) is 3.87. The van der Waals surface area contributed by atoms with Crippen LogP contribution >= 0.6 is 0 Å². The summed E-state index contributed by atoms with van der Waals surface area (Å²) < 4.78 is 5.62. The first-order valence-electron chi connectivity index (χ1n) is 8.07. The summed E-state index contributed by atoms with van der Waals surface area (Å²) in [5, 5.41) is 13.5. The number of carbonyl (C=O) groups excluding carboxylic acids is 1. The second-order valence-corrected chi connectivity index (χ2v) is 6.78. The lowest BCUT2D eigenvalue weighted by atomic mass is 9.54. The molecule has 1 heterocycles. The van der Waals surface area contributed by atoms with Gasteiger partial charge >= 0.3 is 5.97 Å². The molecule has 2 atom stereocenters. The van der Waals surface area contributed by atoms with Crippen LogP contribution in [0.1, 0.15) is 37.6 Å². The third-order valence-corrected chi connectivity index (χ3v) is 5.29. The molecule has 2 aromatic rings. The summed E-state index contributed by atoms with van der Waals surface area (Å²) in [6.45, 7) is 6.03. The average molecular weight is 330 g/mol. The van der Waals surface area contributed by atoms with Crippen LogP contribution in [0.4, 0.5) is 0 Å². The van der Waals surface area contributed by atoms with Gasteiger partial charge in [0, 0.05) is 30.0 Å². The van der Waals surface area contributed by atoms with Crippen LogP contribution in [-0.2, 0) is 9.53 Å². The molecule has 0 aliphatic heterocycles. The Morgan fingerprint density at radius 1 is 1.38 bits per heavy atom. The Morgan fingerprint density at radius 3 is 2.75 bits per heavy atom. The molecule has 128 valence electrons. The van der Waals surface area contributed by atoms with Crippen LogP contribution in [0, 0.1) is 5.41 Å². The van der Waals surface area contributed by atoms with E-state index in [1.54, 1.807) is 18.3 Å². The van der Waals surface area contributed by atoms with E-state index < -0.39 is 22.8 Å². The molecular weight excluding hydrogens is 308 g/mol. The predicted molar refractivity (Wildman–Crippen MR) is 89.9 cm³/mol. The monoisotopic (exact) mass is 330 g/mol. The average Bonchev–Trinajstić information content (AvgIpc) is 3.01. The van der Waals surface area contributed by atoms with E-state index in [-0.39, 0.29) is 12.5 Å². The number of carbonyl (C=O) groups is 2. The summed E-state index contributed by atoms with van der Waals surface area (Å²) in [4.78, 5) is 27.8. The minimum Gasteiger partial charge on any atom is -0.479 e. The van der Waals surface area contributed by atoms with Gasteiger partial charge in [0.05, 0.1) is 17.2 Å². The minimum atomic E-state index is -1.33. The van der Waals surface area contributed by atoms with Crippen molar-refractivity contribution in [3.05, 3.63) is 36.0 Å². The normalized spacial score (nSPS) is 25.2. The number of rotatable bonds is 5. The Morgan fingerprint density at radius 2 is 2.12 bits per heavy atom. The van der Waals surface area contributed by atoms with Crippen LogP contribution in [0.25, 0.3) is 10.9 Å². The van der Waals surface area contributed by atoms with Crippen molar-refractivity contribution < 1.29 is 19.4 Å². The molecule has 6 heteroatoms. The molecule has 1 saturated carbocycles. The molecule has 6 nitrogen and oxygen atoms in total. The summed E-state index contributed by atoms with van der Waals surface area (Å²) in [7, 11) is 0. The molecule has 1 aromatic heterocycles. The molecule has 0 bridgehead atoms. The van der Waals surface area contributed by atoms with Crippen molar-refractivity contribution in [1.82, 2.24) is 10.3 Å². The molecular formula is C18H22N2O4. The zero-order valence-corrected chi connectivity index (χ0v) is 14.1. The summed E-state index contributed by atoms with van der Waals surface area (Å²) in [5.41, 5.74) is -0.893. The van der Waals surface area contributed by atoms with Gasteiger partial charge in [-0.15, -0.1) is 0 Å². The van der Waals surface area contributed by atoms with Gasteiger partial charge in [-0.25, -0.2) is 4.79 Å². The van der Waals surface area contributed by atoms with Gasteiger partial charge < -0.3 is 20.1 Å². The fraction of sp³-hybridized carbons (Fsp3) is 0.444. The minimum absolute atomic E-state index is 0.194. The zero-order valence-electron chi connectivity index (χ0n) is 14.1. The highest BCUT2D eigenvalue weighted by Crippen LogP contribution is 2.51. The van der Waals surface area contributed by atoms with Crippen molar-refractivity contribution in [2.45, 2.75) is 38.8 Å². The van der Waals surface area contributed by atoms with Crippen LogP contribution in [0.3, 0.4) is 0 Å². The molecule has 1 amide bonds. The van der Waals surface area contributed by atoms with E-state index in [4.69, 9.17) is 4.74 Å². The van der Waals surface area contributed by atoms with Crippen LogP contribution in [0.15, 0.2) is 30.5 Å². The fourth-order valence-corrected chi connectivity index (χ4v) is 3.57. The number of benzene rings is 1. The number of ether oxygens (including phenoxy) is 1. The number of aromatic nitrogens is 1. The van der Waals surface area contributed by atoms with E-state index in [1.807, 2.05) is 32.9 Å². The van der Waals surface area contributed by atoms with E-state index >= 15 is 0 Å². The Hall–Kier alpha value is -2.34. The molecule has 0 radical (unpaired) electrons. The van der Waals surface area contributed by atoms with Gasteiger partial charge in [-0.05, 0) is 19.1 Å². The van der Waals surface area contributed by atoms with Gasteiger partial charge in [-0.3, -0.25) is 4.79 Å².